The number of rotatable bonds is 4. The Hall–Kier alpha value is -7.28. The van der Waals surface area contributed by atoms with Crippen molar-refractivity contribution >= 4 is 21.5 Å². The van der Waals surface area contributed by atoms with Crippen LogP contribution < -0.4 is 0 Å². The molecule has 0 bridgehead atoms. The van der Waals surface area contributed by atoms with E-state index in [-0.39, 0.29) is 10.8 Å². The fourth-order valence-electron chi connectivity index (χ4n) is 12.0. The van der Waals surface area contributed by atoms with Gasteiger partial charge in [0.15, 0.2) is 0 Å². The van der Waals surface area contributed by atoms with E-state index < -0.39 is 0 Å². The fraction of sp³-hybridized carbons (Fsp3) is 0.125. The highest BCUT2D eigenvalue weighted by atomic mass is 14.4. The maximum absolute atomic E-state index is 2.53. The van der Waals surface area contributed by atoms with Gasteiger partial charge in [-0.3, -0.25) is 0 Å². The molecule has 0 amide bonds. The van der Waals surface area contributed by atoms with E-state index in [0.29, 0.717) is 0 Å². The molecule has 0 fully saturated rings. The van der Waals surface area contributed by atoms with E-state index in [1.54, 1.807) is 0 Å². The summed E-state index contributed by atoms with van der Waals surface area (Å²) < 4.78 is 0. The van der Waals surface area contributed by atoms with Crippen molar-refractivity contribution in [3.05, 3.63) is 215 Å². The smallest absolute Gasteiger partial charge is 0.0159 e. The first kappa shape index (κ1) is 37.3. The van der Waals surface area contributed by atoms with E-state index in [4.69, 9.17) is 0 Å². The molecule has 0 aliphatic heterocycles. The Bertz CT molecular complexity index is 3410. The van der Waals surface area contributed by atoms with Crippen LogP contribution in [0.5, 0.6) is 0 Å². The quantitative estimate of drug-likeness (QED) is 0.166. The molecule has 0 saturated carbocycles. The Morgan fingerprint density at radius 3 is 1.02 bits per heavy atom. The average molecular weight is 817 g/mol. The van der Waals surface area contributed by atoms with Crippen LogP contribution in [0.3, 0.4) is 0 Å². The van der Waals surface area contributed by atoms with Gasteiger partial charge < -0.3 is 0 Å². The minimum absolute atomic E-state index is 0.168. The van der Waals surface area contributed by atoms with Crippen molar-refractivity contribution in [1.29, 1.82) is 0 Å². The highest BCUT2D eigenvalue weighted by molar-refractivity contribution is 6.27. The largest absolute Gasteiger partial charge is 0.0616 e. The number of hydrogen-bond acceptors (Lipinski definition) is 0. The van der Waals surface area contributed by atoms with Crippen molar-refractivity contribution in [2.75, 3.05) is 0 Å². The third kappa shape index (κ3) is 5.11. The molecule has 64 heavy (non-hydrogen) atoms. The summed E-state index contributed by atoms with van der Waals surface area (Å²) >= 11 is 0. The molecule has 0 spiro atoms. The minimum atomic E-state index is -0.168. The van der Waals surface area contributed by atoms with Crippen LogP contribution in [0.4, 0.5) is 0 Å². The molecule has 10 aromatic rings. The summed E-state index contributed by atoms with van der Waals surface area (Å²) in [6.45, 7) is 14.0. The SMILES string of the molecule is Cc1ccc(-c2ccc3c(c2)C(C)(C)c2cc(-c4c5c(c(-c6ccc7c(c6)C(C)(C)c6cc(-c8ccc(C)cc8)ccc6-7)c6ccccc46)-c4cccc6cccc-5c46)ccc2-3)cc1. The summed E-state index contributed by atoms with van der Waals surface area (Å²) in [5, 5.41) is 5.23. The highest BCUT2D eigenvalue weighted by Crippen LogP contribution is 2.60. The molecule has 0 radical (unpaired) electrons. The van der Waals surface area contributed by atoms with Crippen molar-refractivity contribution in [2.45, 2.75) is 52.4 Å². The number of benzene rings is 10. The number of aryl methyl sites for hydroxylation is 2. The van der Waals surface area contributed by atoms with Gasteiger partial charge in [0.2, 0.25) is 0 Å². The van der Waals surface area contributed by atoms with Gasteiger partial charge in [0.1, 0.15) is 0 Å². The zero-order valence-electron chi connectivity index (χ0n) is 37.3. The Morgan fingerprint density at radius 1 is 0.281 bits per heavy atom. The molecule has 13 rings (SSSR count). The molecule has 3 aliphatic carbocycles. The molecule has 0 atom stereocenters. The zero-order chi connectivity index (χ0) is 43.2. The number of fused-ring (bicyclic) bond motifs is 10. The molecule has 0 unspecified atom stereocenters. The molecule has 0 aromatic heterocycles. The standard InChI is InChI=1S/C64H48/c1-37-17-21-39(22-18-37)42-25-29-46-48-31-27-44(35-56(48)63(3,4)54(46)33-42)59-50-13-7-8-14-51(50)60(62-53-16-10-12-41-11-9-15-52(58(41)53)61(59)62)45-28-32-49-47-30-26-43(40-23-19-38(2)20-24-40)34-55(47)64(5,6)57(49)36-45/h7-36H,1-6H3. The number of hydrogen-bond donors (Lipinski definition) is 0. The van der Waals surface area contributed by atoms with E-state index in [0.717, 1.165) is 0 Å². The van der Waals surface area contributed by atoms with E-state index in [9.17, 15) is 0 Å². The predicted octanol–water partition coefficient (Wildman–Crippen LogP) is 17.5. The fourth-order valence-corrected chi connectivity index (χ4v) is 12.0. The van der Waals surface area contributed by atoms with Gasteiger partial charge in [-0.1, -0.05) is 197 Å². The monoisotopic (exact) mass is 816 g/mol. The molecule has 0 heterocycles. The van der Waals surface area contributed by atoms with Gasteiger partial charge in [-0.15, -0.1) is 0 Å². The Balaban J connectivity index is 1.02. The van der Waals surface area contributed by atoms with Gasteiger partial charge in [0.25, 0.3) is 0 Å². The first-order chi connectivity index (χ1) is 31.1. The van der Waals surface area contributed by atoms with Crippen LogP contribution in [-0.4, -0.2) is 0 Å². The van der Waals surface area contributed by atoms with Crippen LogP contribution in [0.2, 0.25) is 0 Å². The first-order valence-corrected chi connectivity index (χ1v) is 22.9. The summed E-state index contributed by atoms with van der Waals surface area (Å²) in [6.07, 6.45) is 0. The summed E-state index contributed by atoms with van der Waals surface area (Å²) in [6, 6.07) is 69.8. The van der Waals surface area contributed by atoms with Crippen LogP contribution in [0.15, 0.2) is 182 Å². The summed E-state index contributed by atoms with van der Waals surface area (Å²) in [7, 11) is 0. The molecule has 0 nitrogen and oxygen atoms in total. The summed E-state index contributed by atoms with van der Waals surface area (Å²) in [5.41, 5.74) is 28.8. The second kappa shape index (κ2) is 13.1. The Kier molecular flexibility index (Phi) is 7.65. The van der Waals surface area contributed by atoms with E-state index >= 15 is 0 Å². The molecule has 10 aromatic carbocycles. The molecule has 3 aliphatic rings. The lowest BCUT2D eigenvalue weighted by Gasteiger charge is -2.25. The lowest BCUT2D eigenvalue weighted by atomic mass is 9.78. The van der Waals surface area contributed by atoms with Gasteiger partial charge in [0.05, 0.1) is 0 Å². The lowest BCUT2D eigenvalue weighted by molar-refractivity contribution is 0.660. The highest BCUT2D eigenvalue weighted by Gasteiger charge is 2.39. The van der Waals surface area contributed by atoms with Crippen molar-refractivity contribution < 1.29 is 0 Å². The topological polar surface area (TPSA) is 0 Å². The van der Waals surface area contributed by atoms with Crippen LogP contribution in [0.1, 0.15) is 61.1 Å². The van der Waals surface area contributed by atoms with Crippen molar-refractivity contribution in [2.24, 2.45) is 0 Å². The zero-order valence-corrected chi connectivity index (χ0v) is 37.3. The molecule has 0 N–H and O–H groups in total. The second-order valence-corrected chi connectivity index (χ2v) is 19.8. The third-order valence-electron chi connectivity index (χ3n) is 15.4. The molecule has 0 saturated heterocycles. The van der Waals surface area contributed by atoms with Crippen molar-refractivity contribution in [3.63, 3.8) is 0 Å². The van der Waals surface area contributed by atoms with Crippen molar-refractivity contribution in [1.82, 2.24) is 0 Å². The van der Waals surface area contributed by atoms with E-state index in [1.165, 1.54) is 144 Å². The van der Waals surface area contributed by atoms with Gasteiger partial charge in [0, 0.05) is 10.8 Å². The van der Waals surface area contributed by atoms with Crippen molar-refractivity contribution in [3.8, 4) is 89.0 Å². The van der Waals surface area contributed by atoms with Crippen LogP contribution in [0.25, 0.3) is 111 Å². The van der Waals surface area contributed by atoms with Gasteiger partial charge in [-0.05, 0) is 171 Å². The maximum atomic E-state index is 2.53. The van der Waals surface area contributed by atoms with E-state index in [2.05, 4.69) is 224 Å². The molecular formula is C64H48. The normalized spacial score (nSPS) is 14.3. The average Bonchev–Trinajstić information content (AvgIpc) is 3.85. The van der Waals surface area contributed by atoms with E-state index in [1.807, 2.05) is 0 Å². The van der Waals surface area contributed by atoms with Crippen LogP contribution >= 0.6 is 0 Å². The third-order valence-corrected chi connectivity index (χ3v) is 15.4. The molecule has 0 heteroatoms. The Morgan fingerprint density at radius 2 is 0.625 bits per heavy atom. The predicted molar refractivity (Wildman–Crippen MR) is 272 cm³/mol. The lowest BCUT2D eigenvalue weighted by Crippen LogP contribution is -2.15. The first-order valence-electron chi connectivity index (χ1n) is 22.9. The van der Waals surface area contributed by atoms with Gasteiger partial charge >= 0.3 is 0 Å². The van der Waals surface area contributed by atoms with Gasteiger partial charge in [-0.2, -0.15) is 0 Å². The molecule has 304 valence electrons. The van der Waals surface area contributed by atoms with Gasteiger partial charge in [-0.25, -0.2) is 0 Å². The Labute approximate surface area is 376 Å². The maximum Gasteiger partial charge on any atom is 0.0159 e. The molecular weight excluding hydrogens is 769 g/mol. The summed E-state index contributed by atoms with van der Waals surface area (Å²) in [5.74, 6) is 0. The second-order valence-electron chi connectivity index (χ2n) is 19.8. The van der Waals surface area contributed by atoms with Crippen LogP contribution in [0, 0.1) is 13.8 Å². The van der Waals surface area contributed by atoms with Crippen LogP contribution in [-0.2, 0) is 10.8 Å². The minimum Gasteiger partial charge on any atom is -0.0616 e. The summed E-state index contributed by atoms with van der Waals surface area (Å²) in [4.78, 5) is 0.